The summed E-state index contributed by atoms with van der Waals surface area (Å²) in [5.41, 5.74) is 11.8. The Balaban J connectivity index is 2.12. The fourth-order valence-corrected chi connectivity index (χ4v) is 13.4. The van der Waals surface area contributed by atoms with Gasteiger partial charge < -0.3 is 0 Å². The summed E-state index contributed by atoms with van der Waals surface area (Å²) in [4.78, 5) is 44.6. The zero-order valence-corrected chi connectivity index (χ0v) is 53.1. The average molecular weight is 1040 g/mol. The van der Waals surface area contributed by atoms with Crippen LogP contribution in [0, 0.1) is 13.8 Å². The second-order valence-corrected chi connectivity index (χ2v) is 34.6. The Bertz CT molecular complexity index is 2410. The molecule has 0 aromatic heterocycles. The molecular weight excluding hydrogens is 932 g/mol. The Morgan fingerprint density at radius 2 is 0.595 bits per heavy atom. The van der Waals surface area contributed by atoms with Crippen molar-refractivity contribution < 1.29 is 24.9 Å². The normalized spacial score (nSPS) is 15.4. The molecule has 74 heavy (non-hydrogen) atoms. The van der Waals surface area contributed by atoms with Crippen LogP contribution in [-0.4, -0.2) is 61.1 Å². The van der Waals surface area contributed by atoms with E-state index in [1.807, 2.05) is 14.1 Å². The Morgan fingerprint density at radius 1 is 0.365 bits per heavy atom. The van der Waals surface area contributed by atoms with E-state index in [2.05, 4.69) is 238 Å². The van der Waals surface area contributed by atoms with Crippen LogP contribution in [-0.2, 0) is 56.4 Å². The van der Waals surface area contributed by atoms with Gasteiger partial charge in [-0.25, -0.2) is 0 Å². The number of rotatable bonds is 12. The molecule has 0 aliphatic heterocycles. The second-order valence-electron chi connectivity index (χ2n) is 31.2. The molecular formula is C66H107N2O5P. The van der Waals surface area contributed by atoms with Crippen LogP contribution in [0.3, 0.4) is 0 Å². The van der Waals surface area contributed by atoms with Crippen LogP contribution in [0.15, 0.2) is 48.5 Å². The van der Waals surface area contributed by atoms with Crippen molar-refractivity contribution in [1.82, 2.24) is 9.80 Å². The van der Waals surface area contributed by atoms with Crippen LogP contribution in [0.5, 0.6) is 11.5 Å². The first-order chi connectivity index (χ1) is 32.7. The molecule has 0 fully saturated rings. The molecule has 8 heteroatoms. The summed E-state index contributed by atoms with van der Waals surface area (Å²) in [6.45, 7) is 57.3. The molecule has 0 aliphatic rings. The summed E-state index contributed by atoms with van der Waals surface area (Å²) in [6.07, 6.45) is -0.597. The summed E-state index contributed by atoms with van der Waals surface area (Å²) in [7, 11) is -1.65. The van der Waals surface area contributed by atoms with Crippen LogP contribution in [0.2, 0.25) is 0 Å². The molecule has 4 rings (SSSR count). The summed E-state index contributed by atoms with van der Waals surface area (Å²) >= 11 is 0. The Morgan fingerprint density at radius 3 is 0.797 bits per heavy atom. The van der Waals surface area contributed by atoms with Crippen LogP contribution in [0.25, 0.3) is 0 Å². The minimum atomic E-state index is -5.73. The van der Waals surface area contributed by atoms with Crippen molar-refractivity contribution in [2.75, 3.05) is 26.4 Å². The molecule has 0 amide bonds. The van der Waals surface area contributed by atoms with Crippen molar-refractivity contribution in [3.05, 3.63) is 126 Å². The van der Waals surface area contributed by atoms with Gasteiger partial charge in [-0.05, 0) is 0 Å². The van der Waals surface area contributed by atoms with Crippen molar-refractivity contribution in [2.45, 2.75) is 249 Å². The van der Waals surface area contributed by atoms with Crippen molar-refractivity contribution in [3.8, 4) is 11.5 Å². The van der Waals surface area contributed by atoms with Gasteiger partial charge in [-0.2, -0.15) is 0 Å². The third-order valence-corrected chi connectivity index (χ3v) is 17.6. The first-order valence-electron chi connectivity index (χ1n) is 27.4. The van der Waals surface area contributed by atoms with Gasteiger partial charge in [0.05, 0.1) is 0 Å². The maximum atomic E-state index is 13.4. The van der Waals surface area contributed by atoms with E-state index in [4.69, 9.17) is 0 Å². The first-order valence-corrected chi connectivity index (χ1v) is 29.9. The summed E-state index contributed by atoms with van der Waals surface area (Å²) in [5.74, 6) is 0.629. The summed E-state index contributed by atoms with van der Waals surface area (Å²) < 4.78 is 0. The first kappa shape index (κ1) is 63.2. The van der Waals surface area contributed by atoms with Crippen LogP contribution < -0.4 is 0 Å². The molecule has 4 aromatic rings. The number of phenolic OH excluding ortho intramolecular Hbond substituents is 2. The Hall–Kier alpha value is -3.29. The van der Waals surface area contributed by atoms with Crippen LogP contribution in [0.4, 0.5) is 0 Å². The molecule has 0 radical (unpaired) electrons. The van der Waals surface area contributed by atoms with Crippen molar-refractivity contribution in [2.24, 2.45) is 0 Å². The molecule has 416 valence electrons. The quantitative estimate of drug-likeness (QED) is 0.0900. The Kier molecular flexibility index (Phi) is 17.5. The van der Waals surface area contributed by atoms with E-state index in [9.17, 15) is 24.9 Å². The van der Waals surface area contributed by atoms with Gasteiger partial charge in [-0.1, -0.05) is 0 Å². The standard InChI is InChI=1S/C66H107N2O5P/c1-41-29-45(59(3,4)5)35-47(61(9,10)11)55(41)53(67(27)37-43-31-49(63(15,16)17)57(69)50(32-43)64(18,19)20)39-74(71,72,73)40-54(56-42(2)30-46(60(6,7)8)36-48(56)62(12,13)14)68(28)38-44-33-51(65(21,22)23)58(70)52(34-44)66(24,25)26/h29-36,53-54,69-73H,37-40H2,1-28H3. The molecule has 0 bridgehead atoms. The number of phenols is 2. The molecule has 2 atom stereocenters. The molecule has 0 saturated carbocycles. The summed E-state index contributed by atoms with van der Waals surface area (Å²) in [5, 5.41) is 23.6. The number of aromatic hydroxyl groups is 2. The van der Waals surface area contributed by atoms with E-state index in [-0.39, 0.29) is 55.6 Å². The van der Waals surface area contributed by atoms with Gasteiger partial charge in [0.1, 0.15) is 0 Å². The topological polar surface area (TPSA) is 108 Å². The minimum absolute atomic E-state index is 0.144. The Labute approximate surface area is 452 Å². The molecule has 0 aliphatic carbocycles. The fraction of sp³-hybridized carbons (Fsp3) is 0.636. The van der Waals surface area contributed by atoms with E-state index in [1.165, 1.54) is 11.1 Å². The van der Waals surface area contributed by atoms with Crippen molar-refractivity contribution in [1.29, 1.82) is 0 Å². The van der Waals surface area contributed by atoms with E-state index >= 15 is 0 Å². The predicted molar refractivity (Wildman–Crippen MR) is 320 cm³/mol. The maximum absolute atomic E-state index is 13.4. The van der Waals surface area contributed by atoms with E-state index < -0.39 is 19.4 Å². The second kappa shape index (κ2) is 20.5. The molecule has 7 nitrogen and oxygen atoms in total. The molecule has 2 unspecified atom stereocenters. The van der Waals surface area contributed by atoms with Crippen molar-refractivity contribution >= 4 is 7.28 Å². The van der Waals surface area contributed by atoms with E-state index in [1.54, 1.807) is 0 Å². The number of hydrogen-bond donors (Lipinski definition) is 5. The zero-order valence-electron chi connectivity index (χ0n) is 52.2. The third-order valence-electron chi connectivity index (χ3n) is 15.4. The van der Waals surface area contributed by atoms with E-state index in [0.717, 1.165) is 66.8 Å². The van der Waals surface area contributed by atoms with Gasteiger partial charge in [-0.15, -0.1) is 0 Å². The number of benzene rings is 4. The monoisotopic (exact) mass is 1040 g/mol. The van der Waals surface area contributed by atoms with Gasteiger partial charge in [0, 0.05) is 0 Å². The molecule has 0 saturated heterocycles. The van der Waals surface area contributed by atoms with Gasteiger partial charge in [0.15, 0.2) is 0 Å². The number of hydrogen-bond acceptors (Lipinski definition) is 7. The van der Waals surface area contributed by atoms with Gasteiger partial charge in [-0.3, -0.25) is 0 Å². The molecule has 0 spiro atoms. The fourth-order valence-electron chi connectivity index (χ4n) is 10.9. The van der Waals surface area contributed by atoms with E-state index in [0.29, 0.717) is 24.6 Å². The van der Waals surface area contributed by atoms with Gasteiger partial charge in [0.2, 0.25) is 0 Å². The predicted octanol–water partition coefficient (Wildman–Crippen LogP) is 16.4. The van der Waals surface area contributed by atoms with Crippen LogP contribution >= 0.6 is 7.28 Å². The SMILES string of the molecule is Cc1cc(C(C)(C)C)cc(C(C)(C)C)c1C(CP(O)(O)(O)CC(c1c(C)cc(C(C)(C)C)cc1C(C)(C)C)N(C)Cc1cc(C(C)(C)C)c(O)c(C(C)(C)C)c1)N(C)Cc1cc(C(C)(C)C)c(O)c(C(C)(C)C)c1. The molecule has 0 heterocycles. The van der Waals surface area contributed by atoms with Crippen LogP contribution in [0.1, 0.15) is 256 Å². The molecule has 5 N–H and O–H groups in total. The van der Waals surface area contributed by atoms with Gasteiger partial charge in [0.25, 0.3) is 0 Å². The number of nitrogens with zero attached hydrogens (tertiary/aromatic N) is 2. The summed E-state index contributed by atoms with van der Waals surface area (Å²) in [6, 6.07) is 16.3. The number of aryl methyl sites for hydroxylation is 2. The average Bonchev–Trinajstić information content (AvgIpc) is 3.16. The van der Waals surface area contributed by atoms with Crippen molar-refractivity contribution in [3.63, 3.8) is 0 Å². The van der Waals surface area contributed by atoms with Gasteiger partial charge >= 0.3 is 455 Å². The molecule has 4 aromatic carbocycles. The zero-order chi connectivity index (χ0) is 57.5. The third kappa shape index (κ3) is 15.0.